The lowest BCUT2D eigenvalue weighted by molar-refractivity contribution is 0.537. The van der Waals surface area contributed by atoms with E-state index in [2.05, 4.69) is 11.4 Å². The first-order chi connectivity index (χ1) is 9.19. The summed E-state index contributed by atoms with van der Waals surface area (Å²) in [6, 6.07) is 10.1. The molecule has 0 aliphatic heterocycles. The highest BCUT2D eigenvalue weighted by atomic mass is 32.1. The van der Waals surface area contributed by atoms with E-state index in [0.717, 1.165) is 16.4 Å². The Morgan fingerprint density at radius 3 is 2.68 bits per heavy atom. The van der Waals surface area contributed by atoms with E-state index in [4.69, 9.17) is 0 Å². The van der Waals surface area contributed by atoms with Crippen molar-refractivity contribution in [2.45, 2.75) is 25.8 Å². The summed E-state index contributed by atoms with van der Waals surface area (Å²) in [5.41, 5.74) is 1.68. The highest BCUT2D eigenvalue weighted by Gasteiger charge is 2.32. The van der Waals surface area contributed by atoms with E-state index < -0.39 is 0 Å². The lowest BCUT2D eigenvalue weighted by Gasteiger charge is -2.12. The van der Waals surface area contributed by atoms with Crippen molar-refractivity contribution in [3.05, 3.63) is 46.6 Å². The van der Waals surface area contributed by atoms with Gasteiger partial charge in [0.2, 0.25) is 0 Å². The molecule has 2 aromatic rings. The molecular formula is C16H18FNS. The average Bonchev–Trinajstić information content (AvgIpc) is 3.09. The molecule has 1 aliphatic rings. The second-order valence-electron chi connectivity index (χ2n) is 5.29. The zero-order chi connectivity index (χ0) is 13.4. The molecule has 0 amide bonds. The first kappa shape index (κ1) is 12.8. The van der Waals surface area contributed by atoms with Crippen LogP contribution < -0.4 is 5.32 Å². The van der Waals surface area contributed by atoms with Crippen LogP contribution in [0.5, 0.6) is 0 Å². The fourth-order valence-corrected chi connectivity index (χ4v) is 3.76. The first-order valence-corrected chi connectivity index (χ1v) is 7.54. The van der Waals surface area contributed by atoms with Gasteiger partial charge in [-0.3, -0.25) is 0 Å². The number of hydrogen-bond acceptors (Lipinski definition) is 2. The summed E-state index contributed by atoms with van der Waals surface area (Å²) in [5.74, 6) is 0.639. The van der Waals surface area contributed by atoms with Crippen LogP contribution in [0, 0.1) is 18.7 Å². The van der Waals surface area contributed by atoms with Crippen molar-refractivity contribution in [2.24, 2.45) is 5.92 Å². The van der Waals surface area contributed by atoms with Crippen molar-refractivity contribution in [1.82, 2.24) is 5.32 Å². The highest BCUT2D eigenvalue weighted by Crippen LogP contribution is 2.44. The minimum atomic E-state index is -0.124. The fourth-order valence-electron chi connectivity index (χ4n) is 2.52. The lowest BCUT2D eigenvalue weighted by atomic mass is 10.1. The van der Waals surface area contributed by atoms with Gasteiger partial charge in [0, 0.05) is 21.4 Å². The molecule has 0 bridgehead atoms. The maximum Gasteiger partial charge on any atom is 0.132 e. The van der Waals surface area contributed by atoms with Crippen molar-refractivity contribution < 1.29 is 4.39 Å². The quantitative estimate of drug-likeness (QED) is 0.864. The zero-order valence-electron chi connectivity index (χ0n) is 11.2. The third kappa shape index (κ3) is 2.58. The Bertz CT molecular complexity index is 586. The van der Waals surface area contributed by atoms with Gasteiger partial charge in [-0.25, -0.2) is 4.39 Å². The van der Waals surface area contributed by atoms with E-state index >= 15 is 0 Å². The molecule has 100 valence electrons. The van der Waals surface area contributed by atoms with Gasteiger partial charge in [0.25, 0.3) is 0 Å². The first-order valence-electron chi connectivity index (χ1n) is 6.72. The van der Waals surface area contributed by atoms with Crippen LogP contribution in [0.4, 0.5) is 4.39 Å². The van der Waals surface area contributed by atoms with Crippen LogP contribution in [0.2, 0.25) is 0 Å². The number of hydrogen-bond donors (Lipinski definition) is 1. The summed E-state index contributed by atoms with van der Waals surface area (Å²) in [6.07, 6.45) is 2.61. The van der Waals surface area contributed by atoms with Gasteiger partial charge < -0.3 is 5.32 Å². The monoisotopic (exact) mass is 275 g/mol. The Hall–Kier alpha value is -1.19. The molecule has 1 aromatic heterocycles. The summed E-state index contributed by atoms with van der Waals surface area (Å²) in [7, 11) is 2.01. The van der Waals surface area contributed by atoms with Crippen molar-refractivity contribution >= 4 is 11.3 Å². The normalized spacial score (nSPS) is 16.6. The third-order valence-corrected chi connectivity index (χ3v) is 4.93. The summed E-state index contributed by atoms with van der Waals surface area (Å²) in [5, 5.41) is 3.39. The molecule has 3 heteroatoms. The molecule has 1 unspecified atom stereocenters. The van der Waals surface area contributed by atoms with E-state index in [1.807, 2.05) is 32.2 Å². The minimum Gasteiger partial charge on any atom is -0.312 e. The van der Waals surface area contributed by atoms with Crippen molar-refractivity contribution in [2.75, 3.05) is 7.05 Å². The maximum atomic E-state index is 14.0. The molecule has 1 aliphatic carbocycles. The molecule has 0 saturated heterocycles. The summed E-state index contributed by atoms with van der Waals surface area (Å²) in [4.78, 5) is 2.34. The molecule has 1 nitrogen and oxygen atoms in total. The molecule has 1 saturated carbocycles. The van der Waals surface area contributed by atoms with Gasteiger partial charge in [-0.2, -0.15) is 0 Å². The molecule has 1 atom stereocenters. The van der Waals surface area contributed by atoms with E-state index in [1.54, 1.807) is 17.4 Å². The van der Waals surface area contributed by atoms with Gasteiger partial charge in [0.15, 0.2) is 0 Å². The van der Waals surface area contributed by atoms with Crippen LogP contribution in [-0.4, -0.2) is 7.05 Å². The number of thiophene rings is 1. The Labute approximate surface area is 117 Å². The maximum absolute atomic E-state index is 14.0. The number of rotatable bonds is 4. The molecule has 19 heavy (non-hydrogen) atoms. The van der Waals surface area contributed by atoms with Crippen LogP contribution in [0.1, 0.15) is 29.3 Å². The molecular weight excluding hydrogens is 257 g/mol. The number of benzene rings is 1. The molecule has 1 fully saturated rings. The molecule has 1 N–H and O–H groups in total. The van der Waals surface area contributed by atoms with Crippen LogP contribution in [0.3, 0.4) is 0 Å². The number of halogens is 1. The van der Waals surface area contributed by atoms with Gasteiger partial charge in [-0.1, -0.05) is 12.1 Å². The van der Waals surface area contributed by atoms with E-state index in [9.17, 15) is 4.39 Å². The number of aryl methyl sites for hydroxylation is 1. The molecule has 1 heterocycles. The number of nitrogens with one attached hydrogen (secondary N) is 1. The second-order valence-corrected chi connectivity index (χ2v) is 6.40. The Kier molecular flexibility index (Phi) is 3.42. The average molecular weight is 275 g/mol. The van der Waals surface area contributed by atoms with Crippen molar-refractivity contribution in [3.8, 4) is 10.4 Å². The van der Waals surface area contributed by atoms with Gasteiger partial charge in [0.1, 0.15) is 5.82 Å². The SMILES string of the molecule is CNC(c1ccc(-c2ccc(C)cc2F)s1)C1CC1. The molecule has 0 radical (unpaired) electrons. The Morgan fingerprint density at radius 2 is 2.05 bits per heavy atom. The standard InChI is InChI=1S/C16H18FNS/c1-10-3-6-12(13(17)9-10)14-7-8-15(19-14)16(18-2)11-4-5-11/h3,6-9,11,16,18H,4-5H2,1-2H3. The topological polar surface area (TPSA) is 12.0 Å². The summed E-state index contributed by atoms with van der Waals surface area (Å²) >= 11 is 1.70. The van der Waals surface area contributed by atoms with E-state index in [1.165, 1.54) is 17.7 Å². The van der Waals surface area contributed by atoms with E-state index in [-0.39, 0.29) is 5.82 Å². The van der Waals surface area contributed by atoms with Crippen LogP contribution in [0.25, 0.3) is 10.4 Å². The lowest BCUT2D eigenvalue weighted by Crippen LogP contribution is -2.16. The smallest absolute Gasteiger partial charge is 0.132 e. The van der Waals surface area contributed by atoms with Crippen LogP contribution in [-0.2, 0) is 0 Å². The summed E-state index contributed by atoms with van der Waals surface area (Å²) in [6.45, 7) is 1.91. The van der Waals surface area contributed by atoms with E-state index in [0.29, 0.717) is 11.6 Å². The largest absolute Gasteiger partial charge is 0.312 e. The minimum absolute atomic E-state index is 0.124. The van der Waals surface area contributed by atoms with Crippen LogP contribution in [0.15, 0.2) is 30.3 Å². The molecule has 1 aromatic carbocycles. The zero-order valence-corrected chi connectivity index (χ0v) is 12.1. The molecule has 0 spiro atoms. The van der Waals surface area contributed by atoms with Gasteiger partial charge in [0.05, 0.1) is 0 Å². The third-order valence-electron chi connectivity index (χ3n) is 3.73. The van der Waals surface area contributed by atoms with Gasteiger partial charge in [-0.15, -0.1) is 11.3 Å². The van der Waals surface area contributed by atoms with Crippen molar-refractivity contribution in [1.29, 1.82) is 0 Å². The second kappa shape index (κ2) is 5.06. The predicted molar refractivity (Wildman–Crippen MR) is 79.0 cm³/mol. The van der Waals surface area contributed by atoms with Gasteiger partial charge >= 0.3 is 0 Å². The predicted octanol–water partition coefficient (Wildman–Crippen LogP) is 4.53. The molecule has 3 rings (SSSR count). The summed E-state index contributed by atoms with van der Waals surface area (Å²) < 4.78 is 14.0. The van der Waals surface area contributed by atoms with Gasteiger partial charge in [-0.05, 0) is 56.5 Å². The Morgan fingerprint density at radius 1 is 1.26 bits per heavy atom. The Balaban J connectivity index is 1.91. The van der Waals surface area contributed by atoms with Crippen LogP contribution >= 0.6 is 11.3 Å². The van der Waals surface area contributed by atoms with Crippen molar-refractivity contribution in [3.63, 3.8) is 0 Å². The fraction of sp³-hybridized carbons (Fsp3) is 0.375. The highest BCUT2D eigenvalue weighted by molar-refractivity contribution is 7.15.